The predicted molar refractivity (Wildman–Crippen MR) is 95.2 cm³/mol. The van der Waals surface area contributed by atoms with Crippen molar-refractivity contribution in [3.63, 3.8) is 0 Å². The molecule has 4 fully saturated rings. The Kier molecular flexibility index (Phi) is 2.84. The van der Waals surface area contributed by atoms with Gasteiger partial charge in [0.25, 0.3) is 0 Å². The summed E-state index contributed by atoms with van der Waals surface area (Å²) in [5.74, 6) is 2.28. The van der Waals surface area contributed by atoms with Crippen molar-refractivity contribution in [3.05, 3.63) is 18.5 Å². The molecule has 7 rings (SSSR count). The van der Waals surface area contributed by atoms with E-state index in [1.54, 1.807) is 6.20 Å². The summed E-state index contributed by atoms with van der Waals surface area (Å²) in [5, 5.41) is 30.3. The van der Waals surface area contributed by atoms with Crippen LogP contribution in [0.15, 0.2) is 18.5 Å². The number of nitrogens with zero attached hydrogens (tertiary/aromatic N) is 4. The van der Waals surface area contributed by atoms with Gasteiger partial charge < -0.3 is 15.4 Å². The second-order valence-corrected chi connectivity index (χ2v) is 8.39. The minimum atomic E-state index is -0.424. The van der Waals surface area contributed by atoms with Crippen LogP contribution in [0, 0.1) is 17.8 Å². The van der Waals surface area contributed by atoms with Crippen LogP contribution in [0.1, 0.15) is 32.1 Å². The Hall–Kier alpha value is -2.48. The topological polar surface area (TPSA) is 115 Å². The molecule has 4 bridgehead atoms. The van der Waals surface area contributed by atoms with Crippen LogP contribution in [0.25, 0.3) is 22.4 Å². The Labute approximate surface area is 149 Å². The van der Waals surface area contributed by atoms with E-state index in [1.807, 2.05) is 12.3 Å². The van der Waals surface area contributed by atoms with E-state index in [-0.39, 0.29) is 0 Å². The van der Waals surface area contributed by atoms with Crippen molar-refractivity contribution >= 4 is 16.7 Å². The molecule has 0 spiro atoms. The van der Waals surface area contributed by atoms with Crippen LogP contribution in [-0.4, -0.2) is 47.3 Å². The third kappa shape index (κ3) is 2.05. The Balaban J connectivity index is 1.43. The van der Waals surface area contributed by atoms with Gasteiger partial charge in [-0.3, -0.25) is 0 Å². The maximum Gasteiger partial charge on any atom is 0.208 e. The highest BCUT2D eigenvalue weighted by atomic mass is 16.3. The van der Waals surface area contributed by atoms with Crippen LogP contribution in [0.4, 0.5) is 5.69 Å². The molecule has 5 atom stereocenters. The second-order valence-electron chi connectivity index (χ2n) is 8.39. The van der Waals surface area contributed by atoms with Crippen LogP contribution < -0.4 is 5.32 Å². The first-order chi connectivity index (χ1) is 12.7. The molecule has 4 aliphatic rings. The van der Waals surface area contributed by atoms with Gasteiger partial charge in [-0.25, -0.2) is 4.98 Å². The molecule has 2 unspecified atom stereocenters. The average Bonchev–Trinajstić information content (AvgIpc) is 3.27. The number of pyridine rings is 1. The molecule has 0 amide bonds. The predicted octanol–water partition coefficient (Wildman–Crippen LogP) is 2.09. The van der Waals surface area contributed by atoms with Crippen LogP contribution in [0.5, 0.6) is 0 Å². The number of tetrazole rings is 1. The summed E-state index contributed by atoms with van der Waals surface area (Å²) >= 11 is 0. The average molecular weight is 351 g/mol. The third-order valence-electron chi connectivity index (χ3n) is 6.72. The molecular weight excluding hydrogens is 330 g/mol. The number of anilines is 1. The zero-order valence-electron chi connectivity index (χ0n) is 14.3. The SMILES string of the molecule is OC12CC3C[C@H](C1)[C@@H](Nc1c(-c4nn[nH]n4)cnc4[nH]ccc14)[C@@H](C3)C2. The van der Waals surface area contributed by atoms with Gasteiger partial charge in [-0.2, -0.15) is 5.21 Å². The molecule has 8 nitrogen and oxygen atoms in total. The highest BCUT2D eigenvalue weighted by molar-refractivity contribution is 5.97. The molecule has 3 aromatic rings. The normalized spacial score (nSPS) is 35.3. The number of aromatic amines is 2. The van der Waals surface area contributed by atoms with Crippen LogP contribution >= 0.6 is 0 Å². The first-order valence-corrected chi connectivity index (χ1v) is 9.37. The lowest BCUT2D eigenvalue weighted by atomic mass is 9.52. The second kappa shape index (κ2) is 5.03. The maximum absolute atomic E-state index is 10.9. The van der Waals surface area contributed by atoms with Gasteiger partial charge in [-0.05, 0) is 61.1 Å². The van der Waals surface area contributed by atoms with Crippen molar-refractivity contribution in [1.29, 1.82) is 0 Å². The van der Waals surface area contributed by atoms with Crippen molar-refractivity contribution in [2.75, 3.05) is 5.32 Å². The van der Waals surface area contributed by atoms with E-state index in [4.69, 9.17) is 0 Å². The van der Waals surface area contributed by atoms with Gasteiger partial charge in [-0.15, -0.1) is 10.2 Å². The molecule has 134 valence electrons. The number of aromatic nitrogens is 6. The number of hydrogen-bond acceptors (Lipinski definition) is 6. The Morgan fingerprint density at radius 1 is 1.19 bits per heavy atom. The Morgan fingerprint density at radius 3 is 2.77 bits per heavy atom. The van der Waals surface area contributed by atoms with E-state index < -0.39 is 5.60 Å². The van der Waals surface area contributed by atoms with Crippen LogP contribution in [0.2, 0.25) is 0 Å². The van der Waals surface area contributed by atoms with E-state index >= 15 is 0 Å². The minimum Gasteiger partial charge on any atom is -0.390 e. The van der Waals surface area contributed by atoms with Gasteiger partial charge in [0.15, 0.2) is 0 Å². The number of H-pyrrole nitrogens is 2. The zero-order valence-corrected chi connectivity index (χ0v) is 14.3. The number of nitrogens with one attached hydrogen (secondary N) is 3. The molecule has 3 heterocycles. The lowest BCUT2D eigenvalue weighted by Crippen LogP contribution is -2.59. The summed E-state index contributed by atoms with van der Waals surface area (Å²) in [6.45, 7) is 0. The first-order valence-electron chi connectivity index (χ1n) is 9.37. The molecule has 4 saturated carbocycles. The van der Waals surface area contributed by atoms with Gasteiger partial charge >= 0.3 is 0 Å². The van der Waals surface area contributed by atoms with Gasteiger partial charge in [0.05, 0.1) is 16.9 Å². The van der Waals surface area contributed by atoms with Crippen molar-refractivity contribution < 1.29 is 5.11 Å². The quantitative estimate of drug-likeness (QED) is 0.574. The van der Waals surface area contributed by atoms with Gasteiger partial charge in [-0.1, -0.05) is 0 Å². The Bertz CT molecular complexity index is 949. The third-order valence-corrected chi connectivity index (χ3v) is 6.72. The van der Waals surface area contributed by atoms with Crippen molar-refractivity contribution in [3.8, 4) is 11.4 Å². The minimum absolute atomic E-state index is 0.373. The van der Waals surface area contributed by atoms with Crippen molar-refractivity contribution in [1.82, 2.24) is 30.6 Å². The number of fused-ring (bicyclic) bond motifs is 1. The van der Waals surface area contributed by atoms with E-state index in [9.17, 15) is 5.11 Å². The summed E-state index contributed by atoms with van der Waals surface area (Å²) in [6.07, 6.45) is 8.97. The summed E-state index contributed by atoms with van der Waals surface area (Å²) in [5.41, 5.74) is 2.30. The molecule has 0 aliphatic heterocycles. The maximum atomic E-state index is 10.9. The molecule has 0 radical (unpaired) electrons. The number of aliphatic hydroxyl groups is 1. The molecule has 8 heteroatoms. The largest absolute Gasteiger partial charge is 0.390 e. The van der Waals surface area contributed by atoms with E-state index in [0.29, 0.717) is 29.6 Å². The summed E-state index contributed by atoms with van der Waals surface area (Å²) in [6, 6.07) is 2.41. The fraction of sp³-hybridized carbons (Fsp3) is 0.556. The summed E-state index contributed by atoms with van der Waals surface area (Å²) in [7, 11) is 0. The van der Waals surface area contributed by atoms with Gasteiger partial charge in [0.2, 0.25) is 5.82 Å². The molecular formula is C18H21N7O. The van der Waals surface area contributed by atoms with Crippen molar-refractivity contribution in [2.45, 2.75) is 43.7 Å². The van der Waals surface area contributed by atoms with E-state index in [0.717, 1.165) is 41.5 Å². The molecule has 3 aromatic heterocycles. The van der Waals surface area contributed by atoms with E-state index in [2.05, 4.69) is 35.9 Å². The molecule has 26 heavy (non-hydrogen) atoms. The van der Waals surface area contributed by atoms with Crippen molar-refractivity contribution in [2.24, 2.45) is 17.8 Å². The Morgan fingerprint density at radius 2 is 2.04 bits per heavy atom. The standard InChI is InChI=1S/C18H21N7O/c26-18-5-9-3-10(6-18)14(11(4-9)7-18)21-15-12-1-2-19-16(12)20-8-13(15)17-22-24-25-23-17/h1-2,8-11,14,26H,3-7H2,(H2,19,20,21)(H,22,23,24,25)/t9?,10-,11+,14-,18?. The molecule has 4 aliphatic carbocycles. The lowest BCUT2D eigenvalue weighted by molar-refractivity contribution is -0.129. The highest BCUT2D eigenvalue weighted by Gasteiger charge is 2.54. The number of rotatable bonds is 3. The summed E-state index contributed by atoms with van der Waals surface area (Å²) in [4.78, 5) is 7.68. The molecule has 0 saturated heterocycles. The molecule has 4 N–H and O–H groups in total. The van der Waals surface area contributed by atoms with Crippen LogP contribution in [-0.2, 0) is 0 Å². The highest BCUT2D eigenvalue weighted by Crippen LogP contribution is 2.56. The monoisotopic (exact) mass is 351 g/mol. The van der Waals surface area contributed by atoms with Gasteiger partial charge in [0.1, 0.15) is 5.65 Å². The first kappa shape index (κ1) is 14.7. The fourth-order valence-electron chi connectivity index (χ4n) is 5.99. The van der Waals surface area contributed by atoms with Crippen LogP contribution in [0.3, 0.4) is 0 Å². The smallest absolute Gasteiger partial charge is 0.208 e. The van der Waals surface area contributed by atoms with Gasteiger partial charge in [0, 0.05) is 23.8 Å². The number of hydrogen-bond donors (Lipinski definition) is 4. The molecule has 0 aromatic carbocycles. The lowest BCUT2D eigenvalue weighted by Gasteiger charge is -2.58. The van der Waals surface area contributed by atoms with E-state index in [1.165, 1.54) is 12.8 Å². The summed E-state index contributed by atoms with van der Waals surface area (Å²) < 4.78 is 0. The fourth-order valence-corrected chi connectivity index (χ4v) is 5.99. The zero-order chi connectivity index (χ0) is 17.3.